The largest absolute Gasteiger partial charge is 0.419 e. The van der Waals surface area contributed by atoms with Gasteiger partial charge in [-0.25, -0.2) is 4.39 Å². The number of piperidine rings is 1. The van der Waals surface area contributed by atoms with Gasteiger partial charge in [0.05, 0.1) is 5.56 Å². The number of benzene rings is 1. The Morgan fingerprint density at radius 2 is 2.05 bits per heavy atom. The fourth-order valence-electron chi connectivity index (χ4n) is 3.41. The predicted octanol–water partition coefficient (Wildman–Crippen LogP) is 3.03. The van der Waals surface area contributed by atoms with Crippen LogP contribution in [0.1, 0.15) is 24.0 Å². The number of alkyl halides is 3. The second kappa shape index (κ2) is 5.57. The minimum Gasteiger partial charge on any atom is -0.314 e. The Hall–Kier alpha value is -1.14. The summed E-state index contributed by atoms with van der Waals surface area (Å²) in [5, 5.41) is 3.45. The maximum Gasteiger partial charge on any atom is 0.419 e. The molecule has 0 spiro atoms. The third-order valence-corrected chi connectivity index (χ3v) is 4.48. The van der Waals surface area contributed by atoms with E-state index in [2.05, 4.69) is 10.2 Å². The Balaban J connectivity index is 1.70. The van der Waals surface area contributed by atoms with Crippen molar-refractivity contribution in [2.75, 3.05) is 19.6 Å². The first-order chi connectivity index (χ1) is 9.93. The van der Waals surface area contributed by atoms with E-state index in [-0.39, 0.29) is 0 Å². The number of hydrogen-bond acceptors (Lipinski definition) is 2. The number of fused-ring (bicyclic) bond motifs is 1. The number of halogens is 4. The summed E-state index contributed by atoms with van der Waals surface area (Å²) in [5.74, 6) is -0.619. The molecule has 6 heteroatoms. The zero-order chi connectivity index (χ0) is 15.0. The lowest BCUT2D eigenvalue weighted by Gasteiger charge is -2.34. The van der Waals surface area contributed by atoms with Crippen molar-refractivity contribution in [3.63, 3.8) is 0 Å². The first-order valence-electron chi connectivity index (χ1n) is 7.25. The molecule has 0 aliphatic carbocycles. The summed E-state index contributed by atoms with van der Waals surface area (Å²) in [4.78, 5) is 2.17. The molecule has 3 rings (SSSR count). The molecule has 2 unspecified atom stereocenters. The number of hydrogen-bond donors (Lipinski definition) is 1. The summed E-state index contributed by atoms with van der Waals surface area (Å²) in [7, 11) is 0. The van der Waals surface area contributed by atoms with Crippen molar-refractivity contribution in [1.29, 1.82) is 0 Å². The van der Waals surface area contributed by atoms with E-state index in [0.29, 0.717) is 24.1 Å². The molecule has 2 nitrogen and oxygen atoms in total. The van der Waals surface area contributed by atoms with E-state index in [9.17, 15) is 17.6 Å². The number of likely N-dealkylation sites (tertiary alicyclic amines) is 1. The highest BCUT2D eigenvalue weighted by Crippen LogP contribution is 2.32. The molecule has 0 saturated carbocycles. The molecule has 0 aromatic heterocycles. The smallest absolute Gasteiger partial charge is 0.314 e. The highest BCUT2D eigenvalue weighted by Gasteiger charge is 2.35. The maximum absolute atomic E-state index is 13.3. The van der Waals surface area contributed by atoms with Gasteiger partial charge in [-0.1, -0.05) is 6.07 Å². The summed E-state index contributed by atoms with van der Waals surface area (Å²) < 4.78 is 51.4. The van der Waals surface area contributed by atoms with Crippen LogP contribution in [0.15, 0.2) is 18.2 Å². The van der Waals surface area contributed by atoms with Crippen molar-refractivity contribution in [2.24, 2.45) is 5.92 Å². The third kappa shape index (κ3) is 3.21. The third-order valence-electron chi connectivity index (χ3n) is 4.48. The van der Waals surface area contributed by atoms with Gasteiger partial charge in [-0.15, -0.1) is 0 Å². The number of rotatable bonds is 2. The van der Waals surface area contributed by atoms with Gasteiger partial charge in [-0.05, 0) is 49.5 Å². The van der Waals surface area contributed by atoms with Crippen LogP contribution in [-0.2, 0) is 12.7 Å². The molecule has 1 aromatic carbocycles. The van der Waals surface area contributed by atoms with E-state index in [1.54, 1.807) is 0 Å². The fraction of sp³-hybridized carbons (Fsp3) is 0.600. The maximum atomic E-state index is 13.3. The van der Waals surface area contributed by atoms with Crippen molar-refractivity contribution in [3.8, 4) is 0 Å². The molecular formula is C15H18F4N2. The Morgan fingerprint density at radius 3 is 2.81 bits per heavy atom. The molecule has 2 atom stereocenters. The molecule has 1 N–H and O–H groups in total. The lowest BCUT2D eigenvalue weighted by Crippen LogP contribution is -2.43. The van der Waals surface area contributed by atoms with Gasteiger partial charge >= 0.3 is 6.18 Å². The van der Waals surface area contributed by atoms with Crippen LogP contribution in [-0.4, -0.2) is 30.6 Å². The van der Waals surface area contributed by atoms with Gasteiger partial charge in [-0.2, -0.15) is 13.2 Å². The molecule has 2 aliphatic heterocycles. The Kier molecular flexibility index (Phi) is 3.92. The van der Waals surface area contributed by atoms with Gasteiger partial charge < -0.3 is 5.32 Å². The van der Waals surface area contributed by atoms with Gasteiger partial charge in [0.2, 0.25) is 0 Å². The van der Waals surface area contributed by atoms with E-state index in [0.717, 1.165) is 44.6 Å². The summed E-state index contributed by atoms with van der Waals surface area (Å²) in [6, 6.07) is 3.86. The summed E-state index contributed by atoms with van der Waals surface area (Å²) in [6.07, 6.45) is -2.49. The normalized spacial score (nSPS) is 26.9. The van der Waals surface area contributed by atoms with Gasteiger partial charge in [0, 0.05) is 19.1 Å². The molecule has 21 heavy (non-hydrogen) atoms. The molecular weight excluding hydrogens is 284 g/mol. The van der Waals surface area contributed by atoms with E-state index in [1.165, 1.54) is 6.07 Å². The molecule has 0 bridgehead atoms. The van der Waals surface area contributed by atoms with Crippen LogP contribution in [0.5, 0.6) is 0 Å². The van der Waals surface area contributed by atoms with Crippen LogP contribution < -0.4 is 5.32 Å². The molecule has 0 amide bonds. The highest BCUT2D eigenvalue weighted by atomic mass is 19.4. The molecule has 2 fully saturated rings. The van der Waals surface area contributed by atoms with Crippen LogP contribution in [0.3, 0.4) is 0 Å². The van der Waals surface area contributed by atoms with E-state index >= 15 is 0 Å². The first kappa shape index (κ1) is 14.8. The van der Waals surface area contributed by atoms with Crippen LogP contribution in [0.25, 0.3) is 0 Å². The second-order valence-corrected chi connectivity index (χ2v) is 5.95. The highest BCUT2D eigenvalue weighted by molar-refractivity contribution is 5.27. The van der Waals surface area contributed by atoms with Crippen molar-refractivity contribution in [2.45, 2.75) is 31.6 Å². The predicted molar refractivity (Wildman–Crippen MR) is 71.2 cm³/mol. The molecule has 2 aliphatic rings. The van der Waals surface area contributed by atoms with Gasteiger partial charge in [0.15, 0.2) is 0 Å². The Morgan fingerprint density at radius 1 is 1.24 bits per heavy atom. The van der Waals surface area contributed by atoms with Crippen molar-refractivity contribution >= 4 is 0 Å². The monoisotopic (exact) mass is 302 g/mol. The topological polar surface area (TPSA) is 15.3 Å². The number of nitrogens with one attached hydrogen (secondary N) is 1. The molecule has 116 valence electrons. The fourth-order valence-corrected chi connectivity index (χ4v) is 3.41. The summed E-state index contributed by atoms with van der Waals surface area (Å²) in [6.45, 7) is 3.24. The minimum absolute atomic E-state index is 0.451. The van der Waals surface area contributed by atoms with E-state index in [4.69, 9.17) is 0 Å². The number of nitrogens with zero attached hydrogens (tertiary/aromatic N) is 1. The zero-order valence-corrected chi connectivity index (χ0v) is 11.6. The van der Waals surface area contributed by atoms with Gasteiger partial charge in [0.1, 0.15) is 5.82 Å². The van der Waals surface area contributed by atoms with Gasteiger partial charge in [-0.3, -0.25) is 4.90 Å². The average Bonchev–Trinajstić information content (AvgIpc) is 2.87. The average molecular weight is 302 g/mol. The lowest BCUT2D eigenvalue weighted by molar-refractivity contribution is -0.140. The molecule has 2 heterocycles. The van der Waals surface area contributed by atoms with E-state index in [1.807, 2.05) is 0 Å². The summed E-state index contributed by atoms with van der Waals surface area (Å²) >= 11 is 0. The van der Waals surface area contributed by atoms with Crippen molar-refractivity contribution < 1.29 is 17.6 Å². The molecule has 1 aromatic rings. The molecule has 0 radical (unpaired) electrons. The quantitative estimate of drug-likeness (QED) is 0.845. The lowest BCUT2D eigenvalue weighted by atomic mass is 9.93. The molecule has 2 saturated heterocycles. The standard InChI is InChI=1S/C15H18F4N2/c16-13-2-1-10(7-12(13)15(17,18)19)8-21-6-4-14-11(9-21)3-5-20-14/h1-2,7,11,14,20H,3-6,8-9H2. The Labute approximate surface area is 121 Å². The van der Waals surface area contributed by atoms with E-state index < -0.39 is 17.6 Å². The zero-order valence-electron chi connectivity index (χ0n) is 11.6. The van der Waals surface area contributed by atoms with Crippen molar-refractivity contribution in [3.05, 3.63) is 35.1 Å². The van der Waals surface area contributed by atoms with Crippen LogP contribution >= 0.6 is 0 Å². The van der Waals surface area contributed by atoms with Crippen LogP contribution in [0, 0.1) is 11.7 Å². The van der Waals surface area contributed by atoms with Crippen LogP contribution in [0.4, 0.5) is 17.6 Å². The minimum atomic E-state index is -4.64. The first-order valence-corrected chi connectivity index (χ1v) is 7.25. The van der Waals surface area contributed by atoms with Gasteiger partial charge in [0.25, 0.3) is 0 Å². The summed E-state index contributed by atoms with van der Waals surface area (Å²) in [5.41, 5.74) is -0.648. The Bertz CT molecular complexity index is 515. The van der Waals surface area contributed by atoms with Crippen molar-refractivity contribution in [1.82, 2.24) is 10.2 Å². The van der Waals surface area contributed by atoms with Crippen LogP contribution in [0.2, 0.25) is 0 Å². The SMILES string of the molecule is Fc1ccc(CN2CCC3NCCC3C2)cc1C(F)(F)F. The second-order valence-electron chi connectivity index (χ2n) is 5.95.